The van der Waals surface area contributed by atoms with Gasteiger partial charge in [0, 0.05) is 37.8 Å². The molecule has 1 N–H and O–H groups in total. The molecule has 2 aliphatic rings. The second-order valence-corrected chi connectivity index (χ2v) is 5.17. The van der Waals surface area contributed by atoms with Crippen LogP contribution in [0, 0.1) is 5.82 Å². The van der Waals surface area contributed by atoms with Gasteiger partial charge in [0.1, 0.15) is 23.5 Å². The number of piperidine rings is 2. The number of halogens is 1. The molecule has 1 aromatic rings. The average Bonchev–Trinajstić information content (AvgIpc) is 2.30. The summed E-state index contributed by atoms with van der Waals surface area (Å²) in [6, 6.07) is 6.60. The number of ketones is 1. The van der Waals surface area contributed by atoms with E-state index >= 15 is 0 Å². The van der Waals surface area contributed by atoms with Gasteiger partial charge < -0.3 is 10.1 Å². The third-order valence-electron chi connectivity index (χ3n) is 3.63. The van der Waals surface area contributed by atoms with Crippen molar-refractivity contribution in [3.8, 4) is 5.75 Å². The van der Waals surface area contributed by atoms with E-state index in [2.05, 4.69) is 5.32 Å². The van der Waals surface area contributed by atoms with Gasteiger partial charge in [-0.1, -0.05) is 0 Å². The molecule has 3 nitrogen and oxygen atoms in total. The molecule has 96 valence electrons. The number of carbonyl (C=O) groups is 1. The van der Waals surface area contributed by atoms with Gasteiger partial charge in [0.2, 0.25) is 0 Å². The van der Waals surface area contributed by atoms with E-state index in [9.17, 15) is 9.18 Å². The van der Waals surface area contributed by atoms with Gasteiger partial charge in [-0.3, -0.25) is 4.79 Å². The highest BCUT2D eigenvalue weighted by Crippen LogP contribution is 2.27. The Morgan fingerprint density at radius 1 is 1.11 bits per heavy atom. The molecule has 2 unspecified atom stereocenters. The summed E-state index contributed by atoms with van der Waals surface area (Å²) < 4.78 is 18.7. The molecule has 4 heteroatoms. The molecule has 0 amide bonds. The summed E-state index contributed by atoms with van der Waals surface area (Å²) in [5, 5.41) is 3.45. The molecular formula is C14H16FNO2. The molecule has 18 heavy (non-hydrogen) atoms. The highest BCUT2D eigenvalue weighted by molar-refractivity contribution is 5.80. The number of carbonyl (C=O) groups excluding carboxylic acids is 1. The summed E-state index contributed by atoms with van der Waals surface area (Å²) in [4.78, 5) is 11.5. The van der Waals surface area contributed by atoms with E-state index in [-0.39, 0.29) is 24.0 Å². The second-order valence-electron chi connectivity index (χ2n) is 5.17. The van der Waals surface area contributed by atoms with Crippen LogP contribution in [-0.4, -0.2) is 24.0 Å². The normalized spacial score (nSPS) is 31.2. The van der Waals surface area contributed by atoms with E-state index in [1.165, 1.54) is 12.1 Å². The fraction of sp³-hybridized carbons (Fsp3) is 0.500. The minimum Gasteiger partial charge on any atom is -0.490 e. The second kappa shape index (κ2) is 4.69. The van der Waals surface area contributed by atoms with Gasteiger partial charge >= 0.3 is 0 Å². The average molecular weight is 249 g/mol. The van der Waals surface area contributed by atoms with Crippen LogP contribution in [0.4, 0.5) is 4.39 Å². The maximum atomic E-state index is 12.8. The molecule has 2 bridgehead atoms. The summed E-state index contributed by atoms with van der Waals surface area (Å²) in [5.41, 5.74) is 0. The molecule has 2 saturated heterocycles. The van der Waals surface area contributed by atoms with Gasteiger partial charge in [0.05, 0.1) is 0 Å². The molecule has 0 radical (unpaired) electrons. The van der Waals surface area contributed by atoms with Crippen LogP contribution in [0.25, 0.3) is 0 Å². The van der Waals surface area contributed by atoms with Crippen LogP contribution in [0.15, 0.2) is 24.3 Å². The van der Waals surface area contributed by atoms with Gasteiger partial charge in [0.15, 0.2) is 0 Å². The number of Topliss-reactive ketones (excluding diaryl/α,β-unsaturated/α-hetero) is 1. The van der Waals surface area contributed by atoms with Crippen molar-refractivity contribution in [3.63, 3.8) is 0 Å². The van der Waals surface area contributed by atoms with Crippen molar-refractivity contribution in [2.24, 2.45) is 0 Å². The van der Waals surface area contributed by atoms with E-state index in [1.807, 2.05) is 0 Å². The highest BCUT2D eigenvalue weighted by Gasteiger charge is 2.35. The number of hydrogen-bond acceptors (Lipinski definition) is 3. The van der Waals surface area contributed by atoms with Crippen molar-refractivity contribution in [3.05, 3.63) is 30.1 Å². The maximum absolute atomic E-state index is 12.8. The molecule has 0 aromatic heterocycles. The Balaban J connectivity index is 1.64. The third kappa shape index (κ3) is 2.53. The van der Waals surface area contributed by atoms with E-state index in [0.717, 1.165) is 12.8 Å². The molecule has 2 atom stereocenters. The molecule has 3 rings (SSSR count). The minimum absolute atomic E-state index is 0.125. The summed E-state index contributed by atoms with van der Waals surface area (Å²) in [7, 11) is 0. The van der Waals surface area contributed by atoms with Crippen LogP contribution >= 0.6 is 0 Å². The number of benzene rings is 1. The molecule has 0 aliphatic carbocycles. The Kier molecular flexibility index (Phi) is 3.04. The first-order valence-electron chi connectivity index (χ1n) is 6.39. The lowest BCUT2D eigenvalue weighted by atomic mass is 9.84. The van der Waals surface area contributed by atoms with Crippen LogP contribution in [0.1, 0.15) is 25.7 Å². The summed E-state index contributed by atoms with van der Waals surface area (Å²) in [6.45, 7) is 0. The van der Waals surface area contributed by atoms with E-state index in [0.29, 0.717) is 24.4 Å². The summed E-state index contributed by atoms with van der Waals surface area (Å²) in [6.07, 6.45) is 3.04. The lowest BCUT2D eigenvalue weighted by Gasteiger charge is -2.39. The lowest BCUT2D eigenvalue weighted by Crippen LogP contribution is -2.54. The smallest absolute Gasteiger partial charge is 0.136 e. The fourth-order valence-corrected chi connectivity index (χ4v) is 2.92. The zero-order chi connectivity index (χ0) is 12.5. The van der Waals surface area contributed by atoms with E-state index in [1.54, 1.807) is 12.1 Å². The number of hydrogen-bond donors (Lipinski definition) is 1. The van der Waals surface area contributed by atoms with Crippen molar-refractivity contribution in [2.75, 3.05) is 0 Å². The first kappa shape index (κ1) is 11.7. The van der Waals surface area contributed by atoms with Gasteiger partial charge in [-0.05, 0) is 24.3 Å². The molecule has 0 spiro atoms. The zero-order valence-corrected chi connectivity index (χ0v) is 10.1. The topological polar surface area (TPSA) is 38.3 Å². The van der Waals surface area contributed by atoms with Gasteiger partial charge in [-0.2, -0.15) is 0 Å². The quantitative estimate of drug-likeness (QED) is 0.872. The Hall–Kier alpha value is -1.42. The molecule has 2 fully saturated rings. The number of rotatable bonds is 2. The monoisotopic (exact) mass is 249 g/mol. The van der Waals surface area contributed by atoms with Crippen LogP contribution in [-0.2, 0) is 4.79 Å². The minimum atomic E-state index is -0.255. The Labute approximate surface area is 105 Å². The molecule has 1 aromatic carbocycles. The van der Waals surface area contributed by atoms with E-state index in [4.69, 9.17) is 4.74 Å². The first-order chi connectivity index (χ1) is 8.69. The molecule has 2 aliphatic heterocycles. The third-order valence-corrected chi connectivity index (χ3v) is 3.63. The Morgan fingerprint density at radius 3 is 2.33 bits per heavy atom. The SMILES string of the molecule is O=C1CC2CC(Oc3ccc(F)cc3)CC(C1)N2. The predicted octanol–water partition coefficient (Wildman–Crippen LogP) is 2.06. The largest absolute Gasteiger partial charge is 0.490 e. The first-order valence-corrected chi connectivity index (χ1v) is 6.39. The van der Waals surface area contributed by atoms with Gasteiger partial charge in [-0.15, -0.1) is 0 Å². The Bertz CT molecular complexity index is 430. The molecule has 2 heterocycles. The van der Waals surface area contributed by atoms with Gasteiger partial charge in [0.25, 0.3) is 0 Å². The van der Waals surface area contributed by atoms with Crippen LogP contribution in [0.2, 0.25) is 0 Å². The van der Waals surface area contributed by atoms with Crippen LogP contribution in [0.3, 0.4) is 0 Å². The highest BCUT2D eigenvalue weighted by atomic mass is 19.1. The summed E-state index contributed by atoms with van der Waals surface area (Å²) in [5.74, 6) is 0.798. The number of nitrogens with one attached hydrogen (secondary N) is 1. The van der Waals surface area contributed by atoms with Gasteiger partial charge in [-0.25, -0.2) is 4.39 Å². The maximum Gasteiger partial charge on any atom is 0.136 e. The number of fused-ring (bicyclic) bond motifs is 2. The lowest BCUT2D eigenvalue weighted by molar-refractivity contribution is -0.123. The van der Waals surface area contributed by atoms with E-state index < -0.39 is 0 Å². The van der Waals surface area contributed by atoms with Crippen LogP contribution in [0.5, 0.6) is 5.75 Å². The van der Waals surface area contributed by atoms with Crippen molar-refractivity contribution >= 4 is 5.78 Å². The molecule has 0 saturated carbocycles. The standard InChI is InChI=1S/C14H16FNO2/c15-9-1-3-13(4-2-9)18-14-7-10-5-12(17)6-11(8-14)16-10/h1-4,10-11,14,16H,5-8H2. The van der Waals surface area contributed by atoms with Crippen LogP contribution < -0.4 is 10.1 Å². The predicted molar refractivity (Wildman–Crippen MR) is 65.0 cm³/mol. The number of ether oxygens (including phenoxy) is 1. The Morgan fingerprint density at radius 2 is 1.72 bits per heavy atom. The van der Waals surface area contributed by atoms with Crippen molar-refractivity contribution < 1.29 is 13.9 Å². The van der Waals surface area contributed by atoms with Crippen molar-refractivity contribution in [1.29, 1.82) is 0 Å². The molecular weight excluding hydrogens is 233 g/mol. The van der Waals surface area contributed by atoms with Crippen molar-refractivity contribution in [1.82, 2.24) is 5.32 Å². The van der Waals surface area contributed by atoms with Crippen molar-refractivity contribution in [2.45, 2.75) is 43.9 Å². The zero-order valence-electron chi connectivity index (χ0n) is 10.1. The fourth-order valence-electron chi connectivity index (χ4n) is 2.92. The summed E-state index contributed by atoms with van der Waals surface area (Å²) >= 11 is 0.